The fraction of sp³-hybridized carbons (Fsp3) is 0.769. The van der Waals surface area contributed by atoms with E-state index in [1.165, 1.54) is 50.5 Å². The maximum Gasteiger partial charge on any atom is 0.196 e. The van der Waals surface area contributed by atoms with Crippen LogP contribution in [-0.4, -0.2) is 12.9 Å². The highest BCUT2D eigenvalue weighted by Crippen LogP contribution is 2.43. The molecule has 0 bridgehead atoms. The molecule has 1 aromatic rings. The molecule has 0 radical (unpaired) electrons. The molecule has 1 saturated carbocycles. The third-order valence-electron chi connectivity index (χ3n) is 6.05. The van der Waals surface area contributed by atoms with E-state index in [1.54, 1.807) is 0 Å². The normalized spacial score (nSPS) is 18.7. The van der Waals surface area contributed by atoms with E-state index in [4.69, 9.17) is 9.47 Å². The molecule has 1 aliphatic rings. The molecular formula is C26H44O2. The predicted octanol–water partition coefficient (Wildman–Crippen LogP) is 7.96. The van der Waals surface area contributed by atoms with Crippen molar-refractivity contribution in [1.29, 1.82) is 0 Å². The minimum atomic E-state index is -0.192. The highest BCUT2D eigenvalue weighted by Gasteiger charge is 2.30. The largest absolute Gasteiger partial charge is 0.465 e. The lowest BCUT2D eigenvalue weighted by molar-refractivity contribution is -0.0711. The van der Waals surface area contributed by atoms with Gasteiger partial charge < -0.3 is 9.47 Å². The lowest BCUT2D eigenvalue weighted by atomic mass is 9.69. The molecule has 2 unspecified atom stereocenters. The molecule has 2 nitrogen and oxygen atoms in total. The van der Waals surface area contributed by atoms with Crippen LogP contribution in [0.2, 0.25) is 0 Å². The molecule has 1 fully saturated rings. The van der Waals surface area contributed by atoms with Gasteiger partial charge in [-0.2, -0.15) is 0 Å². The molecule has 2 rings (SSSR count). The van der Waals surface area contributed by atoms with Gasteiger partial charge in [0.25, 0.3) is 0 Å². The Morgan fingerprint density at radius 1 is 0.929 bits per heavy atom. The maximum absolute atomic E-state index is 6.00. The summed E-state index contributed by atoms with van der Waals surface area (Å²) < 4.78 is 11.9. The Kier molecular flexibility index (Phi) is 8.43. The molecule has 0 aromatic heterocycles. The first-order valence-electron chi connectivity index (χ1n) is 11.4. The Balaban J connectivity index is 1.86. The van der Waals surface area contributed by atoms with Gasteiger partial charge in [0, 0.05) is 0 Å². The van der Waals surface area contributed by atoms with Crippen molar-refractivity contribution in [2.24, 2.45) is 16.7 Å². The van der Waals surface area contributed by atoms with Gasteiger partial charge in [-0.25, -0.2) is 0 Å². The van der Waals surface area contributed by atoms with Crippen LogP contribution in [0.25, 0.3) is 0 Å². The predicted molar refractivity (Wildman–Crippen MR) is 120 cm³/mol. The van der Waals surface area contributed by atoms with Crippen LogP contribution in [0, 0.1) is 16.7 Å². The van der Waals surface area contributed by atoms with Crippen molar-refractivity contribution in [3.05, 3.63) is 29.8 Å². The van der Waals surface area contributed by atoms with Crippen LogP contribution < -0.4 is 4.74 Å². The number of benzene rings is 1. The molecule has 0 aliphatic heterocycles. The molecular weight excluding hydrogens is 344 g/mol. The quantitative estimate of drug-likeness (QED) is 0.420. The van der Waals surface area contributed by atoms with Crippen molar-refractivity contribution < 1.29 is 9.47 Å². The molecule has 0 amide bonds. The molecule has 28 heavy (non-hydrogen) atoms. The number of rotatable bonds is 8. The first kappa shape index (κ1) is 23.3. The van der Waals surface area contributed by atoms with E-state index in [0.29, 0.717) is 11.3 Å². The van der Waals surface area contributed by atoms with Gasteiger partial charge in [0.1, 0.15) is 5.75 Å². The maximum atomic E-state index is 6.00. The average molecular weight is 389 g/mol. The van der Waals surface area contributed by atoms with E-state index in [0.717, 1.165) is 18.3 Å². The van der Waals surface area contributed by atoms with Crippen molar-refractivity contribution in [2.45, 2.75) is 106 Å². The average Bonchev–Trinajstić information content (AvgIpc) is 2.60. The summed E-state index contributed by atoms with van der Waals surface area (Å²) in [5.41, 5.74) is 1.96. The summed E-state index contributed by atoms with van der Waals surface area (Å²) in [6.07, 6.45) is 9.12. The third kappa shape index (κ3) is 8.15. The Morgan fingerprint density at radius 2 is 1.54 bits per heavy atom. The molecule has 2 atom stereocenters. The fourth-order valence-corrected chi connectivity index (χ4v) is 4.42. The second-order valence-corrected chi connectivity index (χ2v) is 11.1. The van der Waals surface area contributed by atoms with Gasteiger partial charge >= 0.3 is 0 Å². The van der Waals surface area contributed by atoms with Gasteiger partial charge in [-0.15, -0.1) is 0 Å². The van der Waals surface area contributed by atoms with E-state index in [9.17, 15) is 0 Å². The first-order chi connectivity index (χ1) is 13.0. The minimum absolute atomic E-state index is 0.192. The molecule has 0 spiro atoms. The molecule has 0 heterocycles. The monoisotopic (exact) mass is 388 g/mol. The Bertz CT molecular complexity index is 556. The van der Waals surface area contributed by atoms with Crippen molar-refractivity contribution >= 4 is 0 Å². The lowest BCUT2D eigenvalue weighted by Gasteiger charge is -2.36. The van der Waals surface area contributed by atoms with Gasteiger partial charge in [0.05, 0.1) is 6.61 Å². The van der Waals surface area contributed by atoms with Crippen LogP contribution in [0.5, 0.6) is 5.75 Å². The number of hydrogen-bond acceptors (Lipinski definition) is 2. The highest BCUT2D eigenvalue weighted by atomic mass is 16.7. The summed E-state index contributed by atoms with van der Waals surface area (Å²) in [6.45, 7) is 16.8. The van der Waals surface area contributed by atoms with Crippen molar-refractivity contribution in [1.82, 2.24) is 0 Å². The highest BCUT2D eigenvalue weighted by molar-refractivity contribution is 5.30. The summed E-state index contributed by atoms with van der Waals surface area (Å²) in [7, 11) is 0. The van der Waals surface area contributed by atoms with Crippen molar-refractivity contribution in [3.8, 4) is 5.75 Å². The fourth-order valence-electron chi connectivity index (χ4n) is 4.42. The minimum Gasteiger partial charge on any atom is -0.465 e. The zero-order valence-electron chi connectivity index (χ0n) is 19.5. The van der Waals surface area contributed by atoms with E-state index in [2.05, 4.69) is 65.8 Å². The zero-order valence-corrected chi connectivity index (χ0v) is 19.5. The second-order valence-electron chi connectivity index (χ2n) is 11.1. The van der Waals surface area contributed by atoms with Gasteiger partial charge in [-0.05, 0) is 60.1 Å². The second kappa shape index (κ2) is 10.1. The summed E-state index contributed by atoms with van der Waals surface area (Å²) in [5.74, 6) is 2.29. The third-order valence-corrected chi connectivity index (χ3v) is 6.05. The van der Waals surface area contributed by atoms with Crippen LogP contribution in [0.3, 0.4) is 0 Å². The van der Waals surface area contributed by atoms with E-state index in [1.807, 2.05) is 6.92 Å². The van der Waals surface area contributed by atoms with Crippen molar-refractivity contribution in [3.63, 3.8) is 0 Å². The molecule has 160 valence electrons. The summed E-state index contributed by atoms with van der Waals surface area (Å²) in [6, 6.07) is 8.70. The van der Waals surface area contributed by atoms with Gasteiger partial charge in [0.15, 0.2) is 6.29 Å². The molecule has 0 N–H and O–H groups in total. The first-order valence-corrected chi connectivity index (χ1v) is 11.4. The van der Waals surface area contributed by atoms with Crippen LogP contribution in [0.1, 0.15) is 105 Å². The van der Waals surface area contributed by atoms with Gasteiger partial charge in [-0.1, -0.05) is 85.8 Å². The standard InChI is InChI=1S/C26H44O2/c1-20(27-18-17-21-11-9-8-10-12-21)28-23-15-13-22(14-16-23)24(26(5,6)7)19-25(2,3)4/h13-16,20-21,24H,8-12,17-19H2,1-7H3. The lowest BCUT2D eigenvalue weighted by Crippen LogP contribution is -2.24. The zero-order chi connectivity index (χ0) is 20.8. The molecule has 0 saturated heterocycles. The van der Waals surface area contributed by atoms with Crippen LogP contribution in [-0.2, 0) is 4.74 Å². The molecule has 2 heteroatoms. The number of hydrogen-bond donors (Lipinski definition) is 0. The Morgan fingerprint density at radius 3 is 2.07 bits per heavy atom. The molecule has 1 aliphatic carbocycles. The SMILES string of the molecule is CC(OCCC1CCCCC1)Oc1ccc(C(CC(C)(C)C)C(C)(C)C)cc1. The smallest absolute Gasteiger partial charge is 0.196 e. The summed E-state index contributed by atoms with van der Waals surface area (Å²) in [4.78, 5) is 0. The van der Waals surface area contributed by atoms with Crippen LogP contribution in [0.15, 0.2) is 24.3 Å². The van der Waals surface area contributed by atoms with Crippen LogP contribution >= 0.6 is 0 Å². The van der Waals surface area contributed by atoms with E-state index in [-0.39, 0.29) is 11.7 Å². The number of ether oxygens (including phenoxy) is 2. The van der Waals surface area contributed by atoms with Crippen molar-refractivity contribution in [2.75, 3.05) is 6.61 Å². The molecule has 1 aromatic carbocycles. The van der Waals surface area contributed by atoms with E-state index >= 15 is 0 Å². The van der Waals surface area contributed by atoms with Gasteiger partial charge in [0.2, 0.25) is 0 Å². The summed E-state index contributed by atoms with van der Waals surface area (Å²) in [5, 5.41) is 0. The Hall–Kier alpha value is -1.02. The van der Waals surface area contributed by atoms with Gasteiger partial charge in [-0.3, -0.25) is 0 Å². The van der Waals surface area contributed by atoms with E-state index < -0.39 is 0 Å². The Labute approximate surface area is 174 Å². The van der Waals surface area contributed by atoms with Crippen LogP contribution in [0.4, 0.5) is 0 Å². The topological polar surface area (TPSA) is 18.5 Å². The summed E-state index contributed by atoms with van der Waals surface area (Å²) >= 11 is 0.